The van der Waals surface area contributed by atoms with Gasteiger partial charge in [-0.2, -0.15) is 0 Å². The molecule has 5 nitrogen and oxygen atoms in total. The second-order valence-corrected chi connectivity index (χ2v) is 5.40. The van der Waals surface area contributed by atoms with Crippen LogP contribution in [0, 0.1) is 18.7 Å². The van der Waals surface area contributed by atoms with E-state index in [1.54, 1.807) is 13.0 Å². The summed E-state index contributed by atoms with van der Waals surface area (Å²) in [5.41, 5.74) is 0.902. The minimum absolute atomic E-state index is 0.0356. The predicted octanol–water partition coefficient (Wildman–Crippen LogP) is 1.35. The first-order valence-corrected chi connectivity index (χ1v) is 6.99. The van der Waals surface area contributed by atoms with E-state index in [4.69, 9.17) is 5.11 Å². The van der Waals surface area contributed by atoms with Crippen LogP contribution in [0.15, 0.2) is 18.2 Å². The van der Waals surface area contributed by atoms with E-state index in [1.807, 2.05) is 0 Å². The van der Waals surface area contributed by atoms with Crippen molar-refractivity contribution in [2.45, 2.75) is 32.2 Å². The number of hydrogen-bond acceptors (Lipinski definition) is 3. The summed E-state index contributed by atoms with van der Waals surface area (Å²) < 4.78 is 13.2. The lowest BCUT2D eigenvalue weighted by Crippen LogP contribution is -2.43. The molecule has 1 fully saturated rings. The summed E-state index contributed by atoms with van der Waals surface area (Å²) in [4.78, 5) is 23.6. The Kier molecular flexibility index (Phi) is 4.90. The lowest BCUT2D eigenvalue weighted by Gasteiger charge is -2.16. The molecule has 0 heterocycles. The Morgan fingerprint density at radius 2 is 2.05 bits per heavy atom. The van der Waals surface area contributed by atoms with Gasteiger partial charge in [0.25, 0.3) is 0 Å². The third-order valence-electron chi connectivity index (χ3n) is 3.45. The fourth-order valence-corrected chi connectivity index (χ4v) is 2.29. The molecule has 0 aromatic heterocycles. The molecule has 6 heteroatoms. The van der Waals surface area contributed by atoms with Crippen molar-refractivity contribution in [3.8, 4) is 0 Å². The van der Waals surface area contributed by atoms with Gasteiger partial charge in [0, 0.05) is 18.3 Å². The molecule has 21 heavy (non-hydrogen) atoms. The Balaban J connectivity index is 1.93. The van der Waals surface area contributed by atoms with Gasteiger partial charge < -0.3 is 15.7 Å². The smallest absolute Gasteiger partial charge is 0.313 e. The zero-order chi connectivity index (χ0) is 15.4. The molecule has 3 N–H and O–H groups in total. The van der Waals surface area contributed by atoms with E-state index in [0.29, 0.717) is 17.9 Å². The van der Waals surface area contributed by atoms with Crippen molar-refractivity contribution in [2.24, 2.45) is 5.92 Å². The van der Waals surface area contributed by atoms with Crippen molar-refractivity contribution >= 4 is 17.5 Å². The molecule has 0 spiro atoms. The van der Waals surface area contributed by atoms with Crippen LogP contribution in [0.1, 0.15) is 24.8 Å². The summed E-state index contributed by atoms with van der Waals surface area (Å²) in [6, 6.07) is 3.90. The van der Waals surface area contributed by atoms with Gasteiger partial charge in [-0.15, -0.1) is 0 Å². The summed E-state index contributed by atoms with van der Waals surface area (Å²) in [6.45, 7) is 1.66. The van der Waals surface area contributed by atoms with Crippen molar-refractivity contribution in [3.63, 3.8) is 0 Å². The van der Waals surface area contributed by atoms with Gasteiger partial charge in [0.2, 0.25) is 0 Å². The number of aliphatic hydroxyl groups is 1. The normalized spacial score (nSPS) is 15.4. The van der Waals surface area contributed by atoms with Crippen LogP contribution in [-0.4, -0.2) is 29.6 Å². The molecule has 1 aliphatic rings. The second kappa shape index (κ2) is 6.67. The zero-order valence-corrected chi connectivity index (χ0v) is 11.9. The molecule has 2 amide bonds. The Morgan fingerprint density at radius 3 is 2.62 bits per heavy atom. The summed E-state index contributed by atoms with van der Waals surface area (Å²) in [5, 5.41) is 14.0. The fraction of sp³-hybridized carbons (Fsp3) is 0.467. The summed E-state index contributed by atoms with van der Waals surface area (Å²) in [5.74, 6) is -1.72. The number of aliphatic hydroxyl groups excluding tert-OH is 1. The largest absolute Gasteiger partial charge is 0.396 e. The number of carbonyl (C=O) groups excluding carboxylic acids is 2. The van der Waals surface area contributed by atoms with Gasteiger partial charge in [-0.3, -0.25) is 9.59 Å². The van der Waals surface area contributed by atoms with Gasteiger partial charge in [-0.05, 0) is 55.9 Å². The molecular weight excluding hydrogens is 275 g/mol. The Hall–Kier alpha value is -1.95. The number of hydrogen-bond donors (Lipinski definition) is 3. The highest BCUT2D eigenvalue weighted by Crippen LogP contribution is 2.33. The first-order chi connectivity index (χ1) is 9.99. The minimum Gasteiger partial charge on any atom is -0.396 e. The van der Waals surface area contributed by atoms with E-state index in [0.717, 1.165) is 18.9 Å². The van der Waals surface area contributed by atoms with Crippen molar-refractivity contribution in [2.75, 3.05) is 11.9 Å². The Labute approximate surface area is 122 Å². The highest BCUT2D eigenvalue weighted by atomic mass is 19.1. The Morgan fingerprint density at radius 1 is 1.33 bits per heavy atom. The number of aryl methyl sites for hydroxylation is 1. The van der Waals surface area contributed by atoms with Gasteiger partial charge in [0.1, 0.15) is 5.82 Å². The third-order valence-corrected chi connectivity index (χ3v) is 3.45. The molecule has 1 saturated carbocycles. The molecule has 1 unspecified atom stereocenters. The van der Waals surface area contributed by atoms with Crippen LogP contribution < -0.4 is 10.6 Å². The SMILES string of the molecule is Cc1cc(F)cc(NC(=O)C(=O)NC(CCO)C2CC2)c1. The maximum Gasteiger partial charge on any atom is 0.313 e. The van der Waals surface area contributed by atoms with Crippen molar-refractivity contribution in [1.82, 2.24) is 5.32 Å². The predicted molar refractivity (Wildman–Crippen MR) is 76.1 cm³/mol. The van der Waals surface area contributed by atoms with E-state index in [-0.39, 0.29) is 18.3 Å². The molecule has 1 aliphatic carbocycles. The summed E-state index contributed by atoms with van der Waals surface area (Å²) >= 11 is 0. The second-order valence-electron chi connectivity index (χ2n) is 5.40. The number of nitrogens with one attached hydrogen (secondary N) is 2. The van der Waals surface area contributed by atoms with Gasteiger partial charge in [0.15, 0.2) is 0 Å². The van der Waals surface area contributed by atoms with Crippen LogP contribution in [0.25, 0.3) is 0 Å². The molecule has 1 aromatic rings. The van der Waals surface area contributed by atoms with Crippen LogP contribution in [0.2, 0.25) is 0 Å². The maximum atomic E-state index is 13.2. The number of anilines is 1. The lowest BCUT2D eigenvalue weighted by molar-refractivity contribution is -0.136. The highest BCUT2D eigenvalue weighted by Gasteiger charge is 2.32. The average molecular weight is 294 g/mol. The highest BCUT2D eigenvalue weighted by molar-refractivity contribution is 6.39. The number of halogens is 1. The van der Waals surface area contributed by atoms with Crippen LogP contribution in [0.5, 0.6) is 0 Å². The van der Waals surface area contributed by atoms with E-state index in [1.165, 1.54) is 6.07 Å². The Bertz CT molecular complexity index is 523. The topological polar surface area (TPSA) is 78.4 Å². The minimum atomic E-state index is -0.830. The van der Waals surface area contributed by atoms with Gasteiger partial charge in [0.05, 0.1) is 0 Å². The summed E-state index contributed by atoms with van der Waals surface area (Å²) in [6.07, 6.45) is 2.42. The summed E-state index contributed by atoms with van der Waals surface area (Å²) in [7, 11) is 0. The van der Waals surface area contributed by atoms with Crippen LogP contribution >= 0.6 is 0 Å². The molecule has 0 saturated heterocycles. The van der Waals surface area contributed by atoms with Crippen molar-refractivity contribution in [1.29, 1.82) is 0 Å². The number of amides is 2. The molecule has 2 rings (SSSR count). The quantitative estimate of drug-likeness (QED) is 0.717. The standard InChI is InChI=1S/C15H19FN2O3/c1-9-6-11(16)8-12(7-9)17-14(20)15(21)18-13(4-5-19)10-2-3-10/h6-8,10,13,19H,2-5H2,1H3,(H,17,20)(H,18,21). The van der Waals surface area contributed by atoms with Crippen LogP contribution in [-0.2, 0) is 9.59 Å². The van der Waals surface area contributed by atoms with E-state index in [2.05, 4.69) is 10.6 Å². The van der Waals surface area contributed by atoms with Crippen molar-refractivity contribution < 1.29 is 19.1 Å². The third kappa shape index (κ3) is 4.53. The average Bonchev–Trinajstić information content (AvgIpc) is 3.20. The number of rotatable bonds is 5. The molecule has 1 aromatic carbocycles. The van der Waals surface area contributed by atoms with Gasteiger partial charge in [-0.1, -0.05) is 0 Å². The molecule has 114 valence electrons. The van der Waals surface area contributed by atoms with Gasteiger partial charge >= 0.3 is 11.8 Å². The molecule has 0 aliphatic heterocycles. The number of carbonyl (C=O) groups is 2. The molecule has 0 radical (unpaired) electrons. The van der Waals surface area contributed by atoms with E-state index < -0.39 is 17.6 Å². The van der Waals surface area contributed by atoms with Gasteiger partial charge in [-0.25, -0.2) is 4.39 Å². The monoisotopic (exact) mass is 294 g/mol. The van der Waals surface area contributed by atoms with Crippen LogP contribution in [0.3, 0.4) is 0 Å². The van der Waals surface area contributed by atoms with Crippen molar-refractivity contribution in [3.05, 3.63) is 29.6 Å². The van der Waals surface area contributed by atoms with E-state index in [9.17, 15) is 14.0 Å². The van der Waals surface area contributed by atoms with E-state index >= 15 is 0 Å². The lowest BCUT2D eigenvalue weighted by atomic mass is 10.1. The first-order valence-electron chi connectivity index (χ1n) is 6.99. The zero-order valence-electron chi connectivity index (χ0n) is 11.9. The van der Waals surface area contributed by atoms with Crippen LogP contribution in [0.4, 0.5) is 10.1 Å². The number of benzene rings is 1. The molecular formula is C15H19FN2O3. The molecule has 1 atom stereocenters. The first kappa shape index (κ1) is 15.4. The maximum absolute atomic E-state index is 13.2. The fourth-order valence-electron chi connectivity index (χ4n) is 2.29. The molecule has 0 bridgehead atoms.